The van der Waals surface area contributed by atoms with E-state index in [4.69, 9.17) is 14.3 Å². The molecule has 0 spiro atoms. The van der Waals surface area contributed by atoms with E-state index in [1.54, 1.807) is 0 Å². The first-order chi connectivity index (χ1) is 12.7. The van der Waals surface area contributed by atoms with Crippen molar-refractivity contribution in [1.82, 2.24) is 5.06 Å². The quantitative estimate of drug-likeness (QED) is 0.747. The summed E-state index contributed by atoms with van der Waals surface area (Å²) in [7, 11) is 0. The van der Waals surface area contributed by atoms with Crippen LogP contribution < -0.4 is 0 Å². The van der Waals surface area contributed by atoms with Gasteiger partial charge in [0.05, 0.1) is 19.1 Å². The van der Waals surface area contributed by atoms with Crippen molar-refractivity contribution < 1.29 is 19.1 Å². The van der Waals surface area contributed by atoms with Gasteiger partial charge in [-0.3, -0.25) is 9.63 Å². The van der Waals surface area contributed by atoms with E-state index in [-0.39, 0.29) is 30.3 Å². The lowest BCUT2D eigenvalue weighted by Gasteiger charge is -2.30. The summed E-state index contributed by atoms with van der Waals surface area (Å²) < 4.78 is 11.7. The summed E-state index contributed by atoms with van der Waals surface area (Å²) in [4.78, 5) is 17.8. The van der Waals surface area contributed by atoms with Crippen LogP contribution >= 0.6 is 0 Å². The Morgan fingerprint density at radius 1 is 1.08 bits per heavy atom. The van der Waals surface area contributed by atoms with Gasteiger partial charge in [-0.2, -0.15) is 5.06 Å². The highest BCUT2D eigenvalue weighted by molar-refractivity contribution is 5.72. The topological polar surface area (TPSA) is 48.0 Å². The van der Waals surface area contributed by atoms with Crippen molar-refractivity contribution in [3.8, 4) is 0 Å². The van der Waals surface area contributed by atoms with Gasteiger partial charge in [-0.15, -0.1) is 0 Å². The molecule has 5 heteroatoms. The third-order valence-electron chi connectivity index (χ3n) is 4.96. The van der Waals surface area contributed by atoms with Crippen LogP contribution in [0.3, 0.4) is 0 Å². The van der Waals surface area contributed by atoms with Crippen LogP contribution in [0.2, 0.25) is 0 Å². The molecule has 2 saturated heterocycles. The Balaban J connectivity index is 1.47. The zero-order valence-corrected chi connectivity index (χ0v) is 14.8. The maximum atomic E-state index is 11.7. The van der Waals surface area contributed by atoms with Gasteiger partial charge in [0.2, 0.25) is 0 Å². The molecule has 5 nitrogen and oxygen atoms in total. The van der Waals surface area contributed by atoms with Crippen LogP contribution in [-0.2, 0) is 32.3 Å². The largest absolute Gasteiger partial charge is 0.458 e. The van der Waals surface area contributed by atoms with Crippen LogP contribution in [0.4, 0.5) is 0 Å². The zero-order valence-electron chi connectivity index (χ0n) is 14.8. The Bertz CT molecular complexity index is 736. The predicted octanol–water partition coefficient (Wildman–Crippen LogP) is 3.09. The van der Waals surface area contributed by atoms with Gasteiger partial charge in [0.15, 0.2) is 6.10 Å². The summed E-state index contributed by atoms with van der Waals surface area (Å²) >= 11 is 0. The van der Waals surface area contributed by atoms with Crippen LogP contribution in [-0.4, -0.2) is 35.4 Å². The van der Waals surface area contributed by atoms with Gasteiger partial charge in [0, 0.05) is 6.54 Å². The molecule has 4 rings (SSSR count). The highest BCUT2D eigenvalue weighted by Crippen LogP contribution is 2.35. The first kappa shape index (κ1) is 17.2. The summed E-state index contributed by atoms with van der Waals surface area (Å²) in [6.45, 7) is 3.17. The summed E-state index contributed by atoms with van der Waals surface area (Å²) in [6.07, 6.45) is -0.339. The van der Waals surface area contributed by atoms with E-state index in [9.17, 15) is 4.79 Å². The standard InChI is InChI=1S/C21H23NO4/c1-15(24-14-17-10-6-3-7-11-17)20-21-18(12-19(23)25-21)26-22(20)13-16-8-4-2-5-9-16/h2-11,15,18,20-21H,12-14H2,1H3/t15-,18+,20+,21-/m0/s1. The average Bonchev–Trinajstić information content (AvgIpc) is 3.16. The molecule has 0 N–H and O–H groups in total. The highest BCUT2D eigenvalue weighted by atomic mass is 16.7. The molecule has 2 aliphatic rings. The number of hydroxylamine groups is 2. The molecule has 0 unspecified atom stereocenters. The van der Waals surface area contributed by atoms with Gasteiger partial charge in [0.25, 0.3) is 0 Å². The lowest BCUT2D eigenvalue weighted by molar-refractivity contribution is -0.191. The number of esters is 1. The van der Waals surface area contributed by atoms with E-state index < -0.39 is 0 Å². The van der Waals surface area contributed by atoms with Crippen molar-refractivity contribution in [2.45, 2.75) is 50.8 Å². The molecule has 0 aliphatic carbocycles. The molecule has 0 aromatic heterocycles. The molecule has 2 aromatic carbocycles. The Kier molecular flexibility index (Phi) is 5.02. The maximum Gasteiger partial charge on any atom is 0.309 e. The Morgan fingerprint density at radius 2 is 1.73 bits per heavy atom. The van der Waals surface area contributed by atoms with E-state index in [1.807, 2.05) is 60.5 Å². The number of benzene rings is 2. The number of ether oxygens (including phenoxy) is 2. The molecule has 0 bridgehead atoms. The molecule has 4 atom stereocenters. The second-order valence-electron chi connectivity index (χ2n) is 6.86. The molecule has 2 fully saturated rings. The van der Waals surface area contributed by atoms with Gasteiger partial charge in [0.1, 0.15) is 12.1 Å². The number of nitrogens with zero attached hydrogens (tertiary/aromatic N) is 1. The Hall–Kier alpha value is -2.21. The lowest BCUT2D eigenvalue weighted by atomic mass is 10.0. The van der Waals surface area contributed by atoms with Crippen molar-refractivity contribution in [1.29, 1.82) is 0 Å². The molecule has 26 heavy (non-hydrogen) atoms. The minimum absolute atomic E-state index is 0.129. The Labute approximate surface area is 153 Å². The minimum Gasteiger partial charge on any atom is -0.458 e. The molecule has 0 amide bonds. The summed E-state index contributed by atoms with van der Waals surface area (Å²) in [5, 5.41) is 1.92. The fraction of sp³-hybridized carbons (Fsp3) is 0.381. The fourth-order valence-electron chi connectivity index (χ4n) is 3.66. The molecule has 0 radical (unpaired) electrons. The summed E-state index contributed by atoms with van der Waals surface area (Å²) in [5.74, 6) is -0.195. The zero-order chi connectivity index (χ0) is 17.9. The van der Waals surface area contributed by atoms with Gasteiger partial charge in [-0.25, -0.2) is 0 Å². The fourth-order valence-corrected chi connectivity index (χ4v) is 3.66. The first-order valence-electron chi connectivity index (χ1n) is 9.03. The van der Waals surface area contributed by atoms with Crippen LogP contribution in [0.5, 0.6) is 0 Å². The summed E-state index contributed by atoms with van der Waals surface area (Å²) in [5.41, 5.74) is 2.27. The molecule has 136 valence electrons. The van der Waals surface area contributed by atoms with Crippen molar-refractivity contribution in [3.05, 3.63) is 71.8 Å². The first-order valence-corrected chi connectivity index (χ1v) is 9.03. The number of hydrogen-bond acceptors (Lipinski definition) is 5. The van der Waals surface area contributed by atoms with E-state index >= 15 is 0 Å². The highest BCUT2D eigenvalue weighted by Gasteiger charge is 2.53. The molecule has 0 saturated carbocycles. The van der Waals surface area contributed by atoms with Gasteiger partial charge >= 0.3 is 5.97 Å². The van der Waals surface area contributed by atoms with E-state index in [0.29, 0.717) is 19.6 Å². The number of hydrogen-bond donors (Lipinski definition) is 0. The van der Waals surface area contributed by atoms with E-state index in [2.05, 4.69) is 12.1 Å². The second-order valence-corrected chi connectivity index (χ2v) is 6.86. The Morgan fingerprint density at radius 3 is 2.42 bits per heavy atom. The van der Waals surface area contributed by atoms with Crippen LogP contribution in [0.1, 0.15) is 24.5 Å². The van der Waals surface area contributed by atoms with Gasteiger partial charge in [-0.05, 0) is 18.1 Å². The number of rotatable bonds is 6. The van der Waals surface area contributed by atoms with Gasteiger partial charge < -0.3 is 9.47 Å². The number of carbonyl (C=O) groups excluding carboxylic acids is 1. The van der Waals surface area contributed by atoms with Crippen molar-refractivity contribution >= 4 is 5.97 Å². The SMILES string of the molecule is C[C@H](OCc1ccccc1)[C@@H]1[C@H]2OC(=O)C[C@H]2ON1Cc1ccccc1. The second kappa shape index (κ2) is 7.58. The monoisotopic (exact) mass is 353 g/mol. The average molecular weight is 353 g/mol. The maximum absolute atomic E-state index is 11.7. The minimum atomic E-state index is -0.281. The molecule has 2 heterocycles. The third kappa shape index (κ3) is 3.65. The molecular weight excluding hydrogens is 330 g/mol. The van der Waals surface area contributed by atoms with Crippen LogP contribution in [0.15, 0.2) is 60.7 Å². The van der Waals surface area contributed by atoms with Crippen molar-refractivity contribution in [3.63, 3.8) is 0 Å². The van der Waals surface area contributed by atoms with Crippen LogP contribution in [0.25, 0.3) is 0 Å². The summed E-state index contributed by atoms with van der Waals surface area (Å²) in [6, 6.07) is 20.1. The predicted molar refractivity (Wildman–Crippen MR) is 95.8 cm³/mol. The smallest absolute Gasteiger partial charge is 0.309 e. The normalized spacial score (nSPS) is 26.5. The number of fused-ring (bicyclic) bond motifs is 1. The van der Waals surface area contributed by atoms with Crippen molar-refractivity contribution in [2.75, 3.05) is 0 Å². The van der Waals surface area contributed by atoms with E-state index in [1.165, 1.54) is 0 Å². The lowest BCUT2D eigenvalue weighted by Crippen LogP contribution is -2.45. The molecule has 2 aliphatic heterocycles. The van der Waals surface area contributed by atoms with Gasteiger partial charge in [-0.1, -0.05) is 60.7 Å². The number of carbonyl (C=O) groups is 1. The van der Waals surface area contributed by atoms with E-state index in [0.717, 1.165) is 11.1 Å². The van der Waals surface area contributed by atoms with Crippen molar-refractivity contribution in [2.24, 2.45) is 0 Å². The molecular formula is C21H23NO4. The molecule has 2 aromatic rings. The third-order valence-corrected chi connectivity index (χ3v) is 4.96. The van der Waals surface area contributed by atoms with Crippen LogP contribution in [0, 0.1) is 0 Å².